The molecule has 7 nitrogen and oxygen atoms in total. The van der Waals surface area contributed by atoms with E-state index in [0.29, 0.717) is 23.1 Å². The third-order valence-electron chi connectivity index (χ3n) is 6.90. The van der Waals surface area contributed by atoms with Crippen LogP contribution in [0.25, 0.3) is 22.4 Å². The predicted octanol–water partition coefficient (Wildman–Crippen LogP) is 5.96. The van der Waals surface area contributed by atoms with Crippen molar-refractivity contribution in [3.8, 4) is 28.3 Å². The average molecular weight is 567 g/mol. The lowest BCUT2D eigenvalue weighted by atomic mass is 10.0. The van der Waals surface area contributed by atoms with Gasteiger partial charge in [0, 0.05) is 23.1 Å². The van der Waals surface area contributed by atoms with E-state index in [2.05, 4.69) is 9.97 Å². The molecule has 1 fully saturated rings. The van der Waals surface area contributed by atoms with E-state index in [1.807, 2.05) is 0 Å². The fourth-order valence-electron chi connectivity index (χ4n) is 4.69. The molecular formula is C30H26F4N4O3. The largest absolute Gasteiger partial charge is 0.465 e. The number of hydrogen-bond acceptors (Lipinski definition) is 7. The van der Waals surface area contributed by atoms with Crippen molar-refractivity contribution in [1.29, 1.82) is 0 Å². The molecule has 41 heavy (non-hydrogen) atoms. The Hall–Kier alpha value is -4.51. The van der Waals surface area contributed by atoms with Crippen molar-refractivity contribution in [2.75, 3.05) is 12.3 Å². The summed E-state index contributed by atoms with van der Waals surface area (Å²) in [5.41, 5.74) is 13.5. The Labute approximate surface area is 233 Å². The Morgan fingerprint density at radius 2 is 1.68 bits per heavy atom. The lowest BCUT2D eigenvalue weighted by Gasteiger charge is -2.22. The molecule has 1 aliphatic rings. The van der Waals surface area contributed by atoms with E-state index >= 15 is 0 Å². The van der Waals surface area contributed by atoms with Crippen molar-refractivity contribution in [2.45, 2.75) is 37.1 Å². The minimum atomic E-state index is -4.78. The molecule has 3 aromatic carbocycles. The molecule has 1 aliphatic carbocycles. The van der Waals surface area contributed by atoms with Crippen LogP contribution >= 0.6 is 0 Å². The number of esters is 1. The van der Waals surface area contributed by atoms with Crippen LogP contribution < -0.4 is 16.2 Å². The molecule has 1 aromatic heterocycles. The van der Waals surface area contributed by atoms with Crippen LogP contribution in [0.3, 0.4) is 0 Å². The maximum atomic E-state index is 14.1. The van der Waals surface area contributed by atoms with Crippen molar-refractivity contribution in [2.24, 2.45) is 5.73 Å². The zero-order chi connectivity index (χ0) is 29.4. The van der Waals surface area contributed by atoms with Crippen molar-refractivity contribution in [3.05, 3.63) is 95.8 Å². The zero-order valence-electron chi connectivity index (χ0n) is 21.9. The van der Waals surface area contributed by atoms with Crippen molar-refractivity contribution in [3.63, 3.8) is 0 Å². The van der Waals surface area contributed by atoms with Crippen LogP contribution in [0, 0.1) is 5.82 Å². The van der Waals surface area contributed by atoms with Gasteiger partial charge in [0.1, 0.15) is 11.4 Å². The van der Waals surface area contributed by atoms with E-state index in [1.54, 1.807) is 37.3 Å². The normalized spacial score (nSPS) is 18.9. The number of nitrogen functional groups attached to an aromatic ring is 1. The van der Waals surface area contributed by atoms with E-state index in [9.17, 15) is 22.4 Å². The standard InChI is InChI=1S/C30H26F4N4O3/c1-2-40-27(39)29(36)16-23(29)18-8-10-19(11-9-18)24-15-25(38-28(35)37-24)41-26(30(32,33)34)20-12-6-17(7-13-20)21-4-3-5-22(31)14-21/h3-15,23,26H,2,16,36H2,1H3,(H2,35,37,38). The number of rotatable bonds is 8. The molecule has 0 amide bonds. The monoisotopic (exact) mass is 566 g/mol. The number of aromatic nitrogens is 2. The van der Waals surface area contributed by atoms with Crippen LogP contribution in [0.5, 0.6) is 5.88 Å². The number of benzene rings is 3. The van der Waals surface area contributed by atoms with Crippen LogP contribution in [0.4, 0.5) is 23.5 Å². The van der Waals surface area contributed by atoms with E-state index < -0.39 is 29.6 Å². The Kier molecular flexibility index (Phi) is 7.39. The number of alkyl halides is 3. The quantitative estimate of drug-likeness (QED) is 0.200. The second-order valence-corrected chi connectivity index (χ2v) is 9.76. The Bertz CT molecular complexity index is 1560. The molecule has 1 heterocycles. The molecule has 1 saturated carbocycles. The van der Waals surface area contributed by atoms with Gasteiger partial charge in [0.25, 0.3) is 0 Å². The van der Waals surface area contributed by atoms with Gasteiger partial charge in [-0.05, 0) is 42.2 Å². The molecule has 0 bridgehead atoms. The summed E-state index contributed by atoms with van der Waals surface area (Å²) in [6.45, 7) is 1.94. The van der Waals surface area contributed by atoms with Gasteiger partial charge in [-0.2, -0.15) is 18.2 Å². The molecule has 0 spiro atoms. The third kappa shape index (κ3) is 5.99. The van der Waals surface area contributed by atoms with E-state index in [1.165, 1.54) is 48.5 Å². The fraction of sp³-hybridized carbons (Fsp3) is 0.233. The SMILES string of the molecule is CCOC(=O)C1(N)CC1c1ccc(-c2cc(OC(c3ccc(-c4cccc(F)c4)cc3)C(F)(F)F)nc(N)n2)cc1. The average Bonchev–Trinajstić information content (AvgIpc) is 3.64. The topological polar surface area (TPSA) is 113 Å². The van der Waals surface area contributed by atoms with Crippen LogP contribution in [-0.2, 0) is 9.53 Å². The predicted molar refractivity (Wildman–Crippen MR) is 144 cm³/mol. The molecule has 0 saturated heterocycles. The number of halogens is 4. The first-order valence-corrected chi connectivity index (χ1v) is 12.8. The first kappa shape index (κ1) is 28.0. The molecule has 4 aromatic rings. The highest BCUT2D eigenvalue weighted by Crippen LogP contribution is 2.50. The van der Waals surface area contributed by atoms with Gasteiger partial charge >= 0.3 is 12.1 Å². The van der Waals surface area contributed by atoms with Gasteiger partial charge in [0.05, 0.1) is 12.3 Å². The van der Waals surface area contributed by atoms with Gasteiger partial charge in [-0.3, -0.25) is 4.79 Å². The van der Waals surface area contributed by atoms with Gasteiger partial charge in [-0.15, -0.1) is 0 Å². The molecule has 0 radical (unpaired) electrons. The molecule has 11 heteroatoms. The van der Waals surface area contributed by atoms with Gasteiger partial charge in [-0.25, -0.2) is 9.37 Å². The first-order valence-electron chi connectivity index (χ1n) is 12.8. The first-order chi connectivity index (χ1) is 19.5. The maximum Gasteiger partial charge on any atom is 0.429 e. The highest BCUT2D eigenvalue weighted by Gasteiger charge is 2.59. The van der Waals surface area contributed by atoms with Crippen LogP contribution in [0.1, 0.15) is 36.5 Å². The van der Waals surface area contributed by atoms with Gasteiger partial charge < -0.3 is 20.9 Å². The summed E-state index contributed by atoms with van der Waals surface area (Å²) in [5, 5.41) is 0. The van der Waals surface area contributed by atoms with Crippen molar-refractivity contribution < 1.29 is 31.8 Å². The number of hydrogen-bond donors (Lipinski definition) is 2. The Morgan fingerprint density at radius 3 is 2.32 bits per heavy atom. The van der Waals surface area contributed by atoms with Gasteiger partial charge in [0.2, 0.25) is 17.9 Å². The lowest BCUT2D eigenvalue weighted by Crippen LogP contribution is -2.36. The number of carbonyl (C=O) groups excluding carboxylic acids is 1. The number of carbonyl (C=O) groups is 1. The minimum Gasteiger partial charge on any atom is -0.465 e. The Morgan fingerprint density at radius 1 is 1.00 bits per heavy atom. The molecule has 5 rings (SSSR count). The molecular weight excluding hydrogens is 540 g/mol. The van der Waals surface area contributed by atoms with E-state index in [4.69, 9.17) is 20.9 Å². The van der Waals surface area contributed by atoms with Crippen LogP contribution in [0.2, 0.25) is 0 Å². The molecule has 212 valence electrons. The highest BCUT2D eigenvalue weighted by atomic mass is 19.4. The van der Waals surface area contributed by atoms with Crippen molar-refractivity contribution in [1.82, 2.24) is 9.97 Å². The number of nitrogens with zero attached hydrogens (tertiary/aromatic N) is 2. The number of ether oxygens (including phenoxy) is 2. The fourth-order valence-corrected chi connectivity index (χ4v) is 4.69. The number of anilines is 1. The highest BCUT2D eigenvalue weighted by molar-refractivity contribution is 5.86. The minimum absolute atomic E-state index is 0.169. The third-order valence-corrected chi connectivity index (χ3v) is 6.90. The van der Waals surface area contributed by atoms with Crippen LogP contribution in [-0.4, -0.2) is 34.3 Å². The summed E-state index contributed by atoms with van der Waals surface area (Å²) in [4.78, 5) is 20.1. The second kappa shape index (κ2) is 10.8. The van der Waals surface area contributed by atoms with E-state index in [-0.39, 0.29) is 35.6 Å². The number of nitrogens with two attached hydrogens (primary N) is 2. The maximum absolute atomic E-state index is 14.1. The van der Waals surface area contributed by atoms with Crippen LogP contribution in [0.15, 0.2) is 78.9 Å². The molecule has 3 atom stereocenters. The zero-order valence-corrected chi connectivity index (χ0v) is 21.9. The summed E-state index contributed by atoms with van der Waals surface area (Å²) in [5.74, 6) is -1.74. The smallest absolute Gasteiger partial charge is 0.429 e. The Balaban J connectivity index is 1.36. The van der Waals surface area contributed by atoms with Crippen molar-refractivity contribution >= 4 is 11.9 Å². The second-order valence-electron chi connectivity index (χ2n) is 9.76. The van der Waals surface area contributed by atoms with Gasteiger partial charge in [0.15, 0.2) is 0 Å². The van der Waals surface area contributed by atoms with Gasteiger partial charge in [-0.1, -0.05) is 60.7 Å². The summed E-state index contributed by atoms with van der Waals surface area (Å²) in [7, 11) is 0. The lowest BCUT2D eigenvalue weighted by molar-refractivity contribution is -0.198. The summed E-state index contributed by atoms with van der Waals surface area (Å²) in [6, 6.07) is 19.4. The molecule has 3 unspecified atom stereocenters. The molecule has 4 N–H and O–H groups in total. The summed E-state index contributed by atoms with van der Waals surface area (Å²) in [6.07, 6.45) is -6.67. The summed E-state index contributed by atoms with van der Waals surface area (Å²) < 4.78 is 66.2. The summed E-state index contributed by atoms with van der Waals surface area (Å²) >= 11 is 0. The molecule has 0 aliphatic heterocycles. The van der Waals surface area contributed by atoms with E-state index in [0.717, 1.165) is 5.56 Å².